The van der Waals surface area contributed by atoms with Gasteiger partial charge in [0.25, 0.3) is 0 Å². The highest BCUT2D eigenvalue weighted by Gasteiger charge is 2.40. The van der Waals surface area contributed by atoms with Gasteiger partial charge in [0.1, 0.15) is 0 Å². The summed E-state index contributed by atoms with van der Waals surface area (Å²) < 4.78 is 0. The van der Waals surface area contributed by atoms with Crippen molar-refractivity contribution >= 4 is 5.97 Å². The Balaban J connectivity index is 3.45. The van der Waals surface area contributed by atoms with E-state index in [-0.39, 0.29) is 6.04 Å². The van der Waals surface area contributed by atoms with Crippen molar-refractivity contribution in [3.8, 4) is 0 Å². The predicted molar refractivity (Wildman–Crippen MR) is 78.5 cm³/mol. The van der Waals surface area contributed by atoms with Crippen LogP contribution in [0.25, 0.3) is 0 Å². The minimum atomic E-state index is -0.837. The molecule has 0 amide bonds. The molecule has 0 aliphatic heterocycles. The van der Waals surface area contributed by atoms with Crippen LogP contribution in [0.15, 0.2) is 12.1 Å². The van der Waals surface area contributed by atoms with Crippen LogP contribution in [0, 0.1) is 26.2 Å². The van der Waals surface area contributed by atoms with Crippen LogP contribution >= 0.6 is 0 Å². The molecule has 1 rings (SSSR count). The number of hydrogen-bond donors (Lipinski definition) is 1. The van der Waals surface area contributed by atoms with Gasteiger partial charge in [-0.25, -0.2) is 0 Å². The zero-order valence-electron chi connectivity index (χ0n) is 13.0. The molecule has 0 aromatic heterocycles. The predicted octanol–water partition coefficient (Wildman–Crippen LogP) is 3.33. The summed E-state index contributed by atoms with van der Waals surface area (Å²) in [4.78, 5) is 13.6. The van der Waals surface area contributed by atoms with E-state index in [1.807, 2.05) is 19.0 Å². The van der Waals surface area contributed by atoms with Gasteiger partial charge in [0.2, 0.25) is 0 Å². The van der Waals surface area contributed by atoms with Crippen molar-refractivity contribution in [3.05, 3.63) is 34.4 Å². The molecule has 1 N–H and O–H groups in total. The molecular weight excluding hydrogens is 238 g/mol. The lowest BCUT2D eigenvalue weighted by molar-refractivity contribution is -0.150. The standard InChI is InChI=1S/C16H25NO2/c1-10-8-9-13(12(3)11(10)2)14(17(6)7)16(4,5)15(18)19/h8-9,14H,1-7H3,(H,18,19). The lowest BCUT2D eigenvalue weighted by Crippen LogP contribution is -2.39. The topological polar surface area (TPSA) is 40.5 Å². The van der Waals surface area contributed by atoms with Gasteiger partial charge in [0, 0.05) is 0 Å². The first-order chi connectivity index (χ1) is 8.60. The minimum Gasteiger partial charge on any atom is -0.481 e. The third kappa shape index (κ3) is 2.81. The van der Waals surface area contributed by atoms with E-state index in [0.717, 1.165) is 5.56 Å². The van der Waals surface area contributed by atoms with Crippen LogP contribution in [0.4, 0.5) is 0 Å². The molecule has 3 nitrogen and oxygen atoms in total. The average Bonchev–Trinajstić information content (AvgIpc) is 2.28. The fraction of sp³-hybridized carbons (Fsp3) is 0.562. The monoisotopic (exact) mass is 263 g/mol. The van der Waals surface area contributed by atoms with Crippen LogP contribution in [0.5, 0.6) is 0 Å². The van der Waals surface area contributed by atoms with Crippen molar-refractivity contribution in [2.45, 2.75) is 40.7 Å². The number of benzene rings is 1. The van der Waals surface area contributed by atoms with Gasteiger partial charge in [-0.05, 0) is 71.0 Å². The summed E-state index contributed by atoms with van der Waals surface area (Å²) in [6, 6.07) is 3.99. The third-order valence-corrected chi connectivity index (χ3v) is 4.15. The number of carboxylic acid groups (broad SMARTS) is 1. The van der Waals surface area contributed by atoms with Crippen molar-refractivity contribution in [1.82, 2.24) is 4.90 Å². The van der Waals surface area contributed by atoms with E-state index in [1.54, 1.807) is 13.8 Å². The van der Waals surface area contributed by atoms with E-state index >= 15 is 0 Å². The molecule has 3 heteroatoms. The molecule has 0 bridgehead atoms. The van der Waals surface area contributed by atoms with E-state index in [4.69, 9.17) is 0 Å². The van der Waals surface area contributed by atoms with Gasteiger partial charge in [0.05, 0.1) is 11.5 Å². The van der Waals surface area contributed by atoms with Crippen LogP contribution in [0.3, 0.4) is 0 Å². The molecule has 1 atom stereocenters. The Hall–Kier alpha value is -1.35. The largest absolute Gasteiger partial charge is 0.481 e. The van der Waals surface area contributed by atoms with Gasteiger partial charge in [-0.1, -0.05) is 12.1 Å². The number of aliphatic carboxylic acids is 1. The van der Waals surface area contributed by atoms with Gasteiger partial charge in [-0.2, -0.15) is 0 Å². The molecule has 0 fully saturated rings. The van der Waals surface area contributed by atoms with Crippen LogP contribution < -0.4 is 0 Å². The molecule has 1 aromatic carbocycles. The molecule has 0 aliphatic carbocycles. The van der Waals surface area contributed by atoms with Crippen molar-refractivity contribution in [2.24, 2.45) is 5.41 Å². The summed E-state index contributed by atoms with van der Waals surface area (Å²) in [7, 11) is 3.87. The summed E-state index contributed by atoms with van der Waals surface area (Å²) in [5, 5.41) is 9.51. The summed E-state index contributed by atoms with van der Waals surface area (Å²) in [6.45, 7) is 9.82. The highest BCUT2D eigenvalue weighted by molar-refractivity contribution is 5.75. The van der Waals surface area contributed by atoms with E-state index in [2.05, 4.69) is 32.9 Å². The molecule has 0 saturated heterocycles. The first-order valence-corrected chi connectivity index (χ1v) is 6.57. The smallest absolute Gasteiger partial charge is 0.311 e. The van der Waals surface area contributed by atoms with Crippen molar-refractivity contribution in [3.63, 3.8) is 0 Å². The molecule has 0 spiro atoms. The zero-order chi connectivity index (χ0) is 15.0. The minimum absolute atomic E-state index is 0.149. The Bertz CT molecular complexity index is 490. The fourth-order valence-electron chi connectivity index (χ4n) is 2.70. The second kappa shape index (κ2) is 5.33. The van der Waals surface area contributed by atoms with Crippen molar-refractivity contribution in [2.75, 3.05) is 14.1 Å². The summed E-state index contributed by atoms with van der Waals surface area (Å²) in [5.74, 6) is -0.774. The second-order valence-corrected chi connectivity index (χ2v) is 6.11. The molecule has 1 unspecified atom stereocenters. The third-order valence-electron chi connectivity index (χ3n) is 4.15. The Morgan fingerprint density at radius 2 is 1.68 bits per heavy atom. The lowest BCUT2D eigenvalue weighted by Gasteiger charge is -2.37. The number of hydrogen-bond acceptors (Lipinski definition) is 2. The molecule has 0 aliphatic rings. The average molecular weight is 263 g/mol. The maximum Gasteiger partial charge on any atom is 0.311 e. The van der Waals surface area contributed by atoms with Crippen molar-refractivity contribution < 1.29 is 9.90 Å². The number of nitrogens with zero attached hydrogens (tertiary/aromatic N) is 1. The molecular formula is C16H25NO2. The quantitative estimate of drug-likeness (QED) is 0.906. The van der Waals surface area contributed by atoms with Crippen LogP contribution in [0.1, 0.15) is 42.1 Å². The molecule has 1 aromatic rings. The number of carbonyl (C=O) groups is 1. The molecule has 0 radical (unpaired) electrons. The number of carboxylic acids is 1. The fourth-order valence-corrected chi connectivity index (χ4v) is 2.70. The second-order valence-electron chi connectivity index (χ2n) is 6.11. The van der Waals surface area contributed by atoms with Gasteiger partial charge in [-0.3, -0.25) is 4.79 Å². The Morgan fingerprint density at radius 3 is 2.11 bits per heavy atom. The van der Waals surface area contributed by atoms with E-state index < -0.39 is 11.4 Å². The highest BCUT2D eigenvalue weighted by Crippen LogP contribution is 2.39. The van der Waals surface area contributed by atoms with E-state index in [1.165, 1.54) is 16.7 Å². The molecule has 0 saturated carbocycles. The Labute approximate surface area is 116 Å². The van der Waals surface area contributed by atoms with E-state index in [0.29, 0.717) is 0 Å². The highest BCUT2D eigenvalue weighted by atomic mass is 16.4. The molecule has 19 heavy (non-hydrogen) atoms. The maximum atomic E-state index is 11.6. The maximum absolute atomic E-state index is 11.6. The van der Waals surface area contributed by atoms with E-state index in [9.17, 15) is 9.90 Å². The first kappa shape index (κ1) is 15.7. The zero-order valence-corrected chi connectivity index (χ0v) is 13.0. The lowest BCUT2D eigenvalue weighted by atomic mass is 9.77. The van der Waals surface area contributed by atoms with Crippen molar-refractivity contribution in [1.29, 1.82) is 0 Å². The summed E-state index contributed by atoms with van der Waals surface area (Å²) in [5.41, 5.74) is 3.93. The Kier molecular flexibility index (Phi) is 4.41. The number of aryl methyl sites for hydroxylation is 1. The normalized spacial score (nSPS) is 13.7. The van der Waals surface area contributed by atoms with Gasteiger partial charge >= 0.3 is 5.97 Å². The summed E-state index contributed by atoms with van der Waals surface area (Å²) >= 11 is 0. The van der Waals surface area contributed by atoms with Crippen LogP contribution in [0.2, 0.25) is 0 Å². The van der Waals surface area contributed by atoms with Gasteiger partial charge < -0.3 is 10.0 Å². The van der Waals surface area contributed by atoms with Crippen LogP contribution in [-0.4, -0.2) is 30.1 Å². The SMILES string of the molecule is Cc1ccc(C(N(C)C)C(C)(C)C(=O)O)c(C)c1C. The Morgan fingerprint density at radius 1 is 1.16 bits per heavy atom. The van der Waals surface area contributed by atoms with Gasteiger partial charge in [-0.15, -0.1) is 0 Å². The molecule has 0 heterocycles. The first-order valence-electron chi connectivity index (χ1n) is 6.57. The number of rotatable bonds is 4. The van der Waals surface area contributed by atoms with Crippen LogP contribution in [-0.2, 0) is 4.79 Å². The van der Waals surface area contributed by atoms with Gasteiger partial charge in [0.15, 0.2) is 0 Å². The summed E-state index contributed by atoms with van der Waals surface area (Å²) in [6.07, 6.45) is 0. The molecule has 106 valence electrons.